The Balaban J connectivity index is 1.79. The van der Waals surface area contributed by atoms with Crippen LogP contribution in [0.5, 0.6) is 11.5 Å². The van der Waals surface area contributed by atoms with Gasteiger partial charge >= 0.3 is 0 Å². The van der Waals surface area contributed by atoms with Gasteiger partial charge in [-0.1, -0.05) is 0 Å². The van der Waals surface area contributed by atoms with Crippen LogP contribution in [0.2, 0.25) is 0 Å². The molecule has 27 heavy (non-hydrogen) atoms. The highest BCUT2D eigenvalue weighted by atomic mass is 32.2. The number of rotatable bonds is 5. The average Bonchev–Trinajstić information content (AvgIpc) is 3.08. The maximum absolute atomic E-state index is 10.9. The van der Waals surface area contributed by atoms with Crippen LogP contribution in [0.1, 0.15) is 5.56 Å². The number of pyridine rings is 1. The third-order valence-electron chi connectivity index (χ3n) is 4.69. The Hall–Kier alpha value is -2.84. The number of nitrogens with zero attached hydrogens (tertiary/aromatic N) is 2. The van der Waals surface area contributed by atoms with Crippen LogP contribution >= 0.6 is 0 Å². The number of hydrogen-bond donors (Lipinski definition) is 1. The number of methoxy groups -OCH3 is 2. The van der Waals surface area contributed by atoms with Gasteiger partial charge in [0, 0.05) is 46.8 Å². The summed E-state index contributed by atoms with van der Waals surface area (Å²) in [6.07, 6.45) is 2.60. The van der Waals surface area contributed by atoms with Gasteiger partial charge in [0.25, 0.3) is 0 Å². The molecule has 8 heteroatoms. The second-order valence-corrected chi connectivity index (χ2v) is 6.81. The first-order chi connectivity index (χ1) is 13.1. The van der Waals surface area contributed by atoms with Crippen LogP contribution in [0.3, 0.4) is 0 Å². The third kappa shape index (κ3) is 3.17. The lowest BCUT2D eigenvalue weighted by atomic mass is 10.1. The number of anilines is 3. The molecule has 140 valence electrons. The van der Waals surface area contributed by atoms with E-state index in [1.165, 1.54) is 0 Å². The zero-order valence-electron chi connectivity index (χ0n) is 14.9. The van der Waals surface area contributed by atoms with Crippen LogP contribution in [0.25, 0.3) is 10.9 Å². The van der Waals surface area contributed by atoms with Crippen LogP contribution in [0, 0.1) is 0 Å². The summed E-state index contributed by atoms with van der Waals surface area (Å²) in [6.45, 7) is 0.798. The summed E-state index contributed by atoms with van der Waals surface area (Å²) in [7, 11) is 3.21. The molecule has 0 aliphatic carbocycles. The Morgan fingerprint density at radius 1 is 1.11 bits per heavy atom. The van der Waals surface area contributed by atoms with Crippen molar-refractivity contribution in [2.24, 2.45) is 0 Å². The second kappa shape index (κ2) is 7.05. The van der Waals surface area contributed by atoms with Crippen LogP contribution in [-0.2, 0) is 17.7 Å². The third-order valence-corrected chi connectivity index (χ3v) is 5.09. The van der Waals surface area contributed by atoms with Crippen molar-refractivity contribution in [2.45, 2.75) is 6.42 Å². The van der Waals surface area contributed by atoms with E-state index in [1.54, 1.807) is 26.5 Å². The van der Waals surface area contributed by atoms with Gasteiger partial charge in [0.05, 0.1) is 25.4 Å². The monoisotopic (exact) mass is 384 g/mol. The Morgan fingerprint density at radius 2 is 1.89 bits per heavy atom. The molecule has 4 rings (SSSR count). The summed E-state index contributed by atoms with van der Waals surface area (Å²) in [6, 6.07) is 11.3. The molecule has 0 saturated carbocycles. The number of benzene rings is 2. The molecule has 0 bridgehead atoms. The molecule has 0 radical (unpaired) electrons. The quantitative estimate of drug-likeness (QED) is 0.680. The molecule has 2 aromatic carbocycles. The first-order valence-corrected chi connectivity index (χ1v) is 9.45. The SMILES string of the molecule is COc1cc2nccc(N3CCc4cc(NS(=O)[O-])ccc43)c2cc1OC. The van der Waals surface area contributed by atoms with Crippen LogP contribution < -0.4 is 19.1 Å². The van der Waals surface area contributed by atoms with E-state index in [4.69, 9.17) is 9.47 Å². The minimum absolute atomic E-state index is 0.565. The molecular weight excluding hydrogens is 366 g/mol. The topological polar surface area (TPSA) is 86.8 Å². The largest absolute Gasteiger partial charge is 0.755 e. The molecule has 1 N–H and O–H groups in total. The summed E-state index contributed by atoms with van der Waals surface area (Å²) in [4.78, 5) is 6.67. The van der Waals surface area contributed by atoms with Crippen molar-refractivity contribution < 1.29 is 18.2 Å². The van der Waals surface area contributed by atoms with Gasteiger partial charge in [-0.2, -0.15) is 0 Å². The van der Waals surface area contributed by atoms with Crippen molar-refractivity contribution in [3.63, 3.8) is 0 Å². The number of ether oxygens (including phenoxy) is 2. The first kappa shape index (κ1) is 17.6. The van der Waals surface area contributed by atoms with Gasteiger partial charge in [0.1, 0.15) is 0 Å². The van der Waals surface area contributed by atoms with E-state index in [2.05, 4.69) is 14.6 Å². The van der Waals surface area contributed by atoms with Crippen molar-refractivity contribution in [2.75, 3.05) is 30.4 Å². The van der Waals surface area contributed by atoms with Crippen molar-refractivity contribution in [3.8, 4) is 11.5 Å². The van der Waals surface area contributed by atoms with Gasteiger partial charge in [0.15, 0.2) is 11.5 Å². The molecule has 0 amide bonds. The van der Waals surface area contributed by atoms with Crippen molar-refractivity contribution in [1.82, 2.24) is 4.98 Å². The standard InChI is InChI=1S/C19H19N3O4S/c1-25-18-10-14-15(11-19(18)26-2)20-7-5-17(14)22-8-6-12-9-13(21-27(23)24)3-4-16(12)22/h3-5,7,9-11,21H,6,8H2,1-2H3,(H,23,24)/p-1. The predicted octanol–water partition coefficient (Wildman–Crippen LogP) is 3.15. The van der Waals surface area contributed by atoms with Crippen molar-refractivity contribution in [1.29, 1.82) is 0 Å². The summed E-state index contributed by atoms with van der Waals surface area (Å²) >= 11 is -2.33. The highest BCUT2D eigenvalue weighted by Crippen LogP contribution is 2.41. The van der Waals surface area contributed by atoms with Crippen LogP contribution in [0.15, 0.2) is 42.6 Å². The Labute approximate surface area is 159 Å². The summed E-state index contributed by atoms with van der Waals surface area (Å²) in [5, 5.41) is 0.964. The minimum Gasteiger partial charge on any atom is -0.755 e. The number of nitrogens with one attached hydrogen (secondary N) is 1. The molecule has 1 aliphatic heterocycles. The molecule has 0 spiro atoms. The van der Waals surface area contributed by atoms with E-state index in [-0.39, 0.29) is 0 Å². The lowest BCUT2D eigenvalue weighted by Crippen LogP contribution is -2.14. The molecular formula is C19H18N3O4S-. The normalized spacial score (nSPS) is 14.1. The molecule has 1 atom stereocenters. The van der Waals surface area contributed by atoms with E-state index in [0.29, 0.717) is 17.2 Å². The summed E-state index contributed by atoms with van der Waals surface area (Å²) < 4.78 is 35.0. The Bertz CT molecular complexity index is 1040. The minimum atomic E-state index is -2.33. The fourth-order valence-electron chi connectivity index (χ4n) is 3.51. The second-order valence-electron chi connectivity index (χ2n) is 6.14. The smallest absolute Gasteiger partial charge is 0.162 e. The first-order valence-electron chi connectivity index (χ1n) is 8.38. The highest BCUT2D eigenvalue weighted by Gasteiger charge is 2.23. The van der Waals surface area contributed by atoms with Gasteiger partial charge in [0.2, 0.25) is 0 Å². The number of hydrogen-bond acceptors (Lipinski definition) is 6. The lowest BCUT2D eigenvalue weighted by Gasteiger charge is -2.22. The fraction of sp³-hybridized carbons (Fsp3) is 0.211. The van der Waals surface area contributed by atoms with Gasteiger partial charge in [-0.25, -0.2) is 0 Å². The average molecular weight is 384 g/mol. The Kier molecular flexibility index (Phi) is 4.59. The van der Waals surface area contributed by atoms with Crippen molar-refractivity contribution >= 4 is 39.2 Å². The van der Waals surface area contributed by atoms with Gasteiger partial charge < -0.3 is 23.6 Å². The van der Waals surface area contributed by atoms with Crippen LogP contribution in [-0.4, -0.2) is 34.5 Å². The molecule has 1 unspecified atom stereocenters. The van der Waals surface area contributed by atoms with E-state index in [1.807, 2.05) is 30.3 Å². The molecule has 7 nitrogen and oxygen atoms in total. The predicted molar refractivity (Wildman–Crippen MR) is 105 cm³/mol. The van der Waals surface area contributed by atoms with Gasteiger partial charge in [-0.05, 0) is 42.3 Å². The van der Waals surface area contributed by atoms with E-state index >= 15 is 0 Å². The maximum atomic E-state index is 10.9. The molecule has 2 heterocycles. The zero-order valence-corrected chi connectivity index (χ0v) is 15.7. The molecule has 0 fully saturated rings. The number of fused-ring (bicyclic) bond motifs is 2. The van der Waals surface area contributed by atoms with Gasteiger partial charge in [-0.3, -0.25) is 9.19 Å². The zero-order chi connectivity index (χ0) is 19.0. The lowest BCUT2D eigenvalue weighted by molar-refractivity contribution is 0.356. The highest BCUT2D eigenvalue weighted by molar-refractivity contribution is 7.80. The van der Waals surface area contributed by atoms with Crippen molar-refractivity contribution in [3.05, 3.63) is 48.2 Å². The van der Waals surface area contributed by atoms with E-state index < -0.39 is 11.3 Å². The fourth-order valence-corrected chi connectivity index (χ4v) is 3.82. The Morgan fingerprint density at radius 3 is 2.63 bits per heavy atom. The summed E-state index contributed by atoms with van der Waals surface area (Å²) in [5.74, 6) is 1.29. The summed E-state index contributed by atoms with van der Waals surface area (Å²) in [5.41, 5.74) is 4.55. The number of aromatic nitrogens is 1. The van der Waals surface area contributed by atoms with Gasteiger partial charge in [-0.15, -0.1) is 0 Å². The molecule has 1 aromatic heterocycles. The van der Waals surface area contributed by atoms with Crippen LogP contribution in [0.4, 0.5) is 17.1 Å². The molecule has 3 aromatic rings. The van der Waals surface area contributed by atoms with E-state index in [9.17, 15) is 8.76 Å². The maximum Gasteiger partial charge on any atom is 0.162 e. The van der Waals surface area contributed by atoms with E-state index in [0.717, 1.165) is 40.8 Å². The molecule has 0 saturated heterocycles. The molecule has 1 aliphatic rings.